The molecule has 1 saturated carbocycles. The molecule has 1 heterocycles. The SMILES string of the molecule is C#CCN(C)Cc1cc(CNC2CC2)oc1C. The fourth-order valence-corrected chi connectivity index (χ4v) is 1.87. The lowest BCUT2D eigenvalue weighted by atomic mass is 10.2. The van der Waals surface area contributed by atoms with Gasteiger partial charge in [-0.3, -0.25) is 4.90 Å². The number of hydrogen-bond acceptors (Lipinski definition) is 3. The molecule has 0 bridgehead atoms. The normalized spacial score (nSPS) is 15.2. The van der Waals surface area contributed by atoms with Gasteiger partial charge in [-0.15, -0.1) is 6.42 Å². The third-order valence-corrected chi connectivity index (χ3v) is 3.02. The van der Waals surface area contributed by atoms with Crippen LogP contribution >= 0.6 is 0 Å². The maximum Gasteiger partial charge on any atom is 0.118 e. The zero-order chi connectivity index (χ0) is 12.3. The highest BCUT2D eigenvalue weighted by Crippen LogP contribution is 2.21. The first kappa shape index (κ1) is 12.2. The molecule has 0 spiro atoms. The van der Waals surface area contributed by atoms with E-state index in [2.05, 4.69) is 22.2 Å². The second kappa shape index (κ2) is 5.39. The van der Waals surface area contributed by atoms with Crippen molar-refractivity contribution in [2.75, 3.05) is 13.6 Å². The minimum atomic E-state index is 0.667. The van der Waals surface area contributed by atoms with Crippen molar-refractivity contribution in [2.24, 2.45) is 0 Å². The number of aryl methyl sites for hydroxylation is 1. The van der Waals surface area contributed by atoms with Crippen LogP contribution in [-0.4, -0.2) is 24.5 Å². The number of nitrogens with one attached hydrogen (secondary N) is 1. The second-order valence-corrected chi connectivity index (χ2v) is 4.83. The number of hydrogen-bond donors (Lipinski definition) is 1. The molecule has 0 saturated heterocycles. The highest BCUT2D eigenvalue weighted by Gasteiger charge is 2.20. The van der Waals surface area contributed by atoms with Crippen LogP contribution < -0.4 is 5.32 Å². The Hall–Kier alpha value is -1.24. The molecule has 0 aromatic carbocycles. The van der Waals surface area contributed by atoms with E-state index in [9.17, 15) is 0 Å². The molecular formula is C14H20N2O. The van der Waals surface area contributed by atoms with Gasteiger partial charge >= 0.3 is 0 Å². The van der Waals surface area contributed by atoms with Crippen molar-refractivity contribution in [3.63, 3.8) is 0 Å². The molecule has 3 heteroatoms. The molecule has 3 nitrogen and oxygen atoms in total. The molecule has 92 valence electrons. The van der Waals surface area contributed by atoms with Crippen molar-refractivity contribution in [1.82, 2.24) is 10.2 Å². The van der Waals surface area contributed by atoms with Gasteiger partial charge in [0.1, 0.15) is 11.5 Å². The number of furan rings is 1. The van der Waals surface area contributed by atoms with Gasteiger partial charge in [-0.1, -0.05) is 5.92 Å². The van der Waals surface area contributed by atoms with Gasteiger partial charge in [-0.25, -0.2) is 0 Å². The van der Waals surface area contributed by atoms with Crippen LogP contribution in [0, 0.1) is 19.3 Å². The highest BCUT2D eigenvalue weighted by atomic mass is 16.3. The molecule has 1 aromatic rings. The van der Waals surface area contributed by atoms with E-state index in [4.69, 9.17) is 10.8 Å². The van der Waals surface area contributed by atoms with Gasteiger partial charge in [0.05, 0.1) is 13.1 Å². The zero-order valence-corrected chi connectivity index (χ0v) is 10.6. The predicted molar refractivity (Wildman–Crippen MR) is 68.5 cm³/mol. The molecule has 1 aliphatic carbocycles. The lowest BCUT2D eigenvalue weighted by Gasteiger charge is -2.11. The maximum absolute atomic E-state index is 5.73. The fourth-order valence-electron chi connectivity index (χ4n) is 1.87. The molecule has 0 amide bonds. The summed E-state index contributed by atoms with van der Waals surface area (Å²) in [5, 5.41) is 3.45. The minimum absolute atomic E-state index is 0.667. The molecule has 0 atom stereocenters. The summed E-state index contributed by atoms with van der Waals surface area (Å²) < 4.78 is 5.73. The van der Waals surface area contributed by atoms with Crippen molar-refractivity contribution >= 4 is 0 Å². The Balaban J connectivity index is 1.90. The first-order valence-electron chi connectivity index (χ1n) is 6.12. The summed E-state index contributed by atoms with van der Waals surface area (Å²) in [4.78, 5) is 2.11. The Bertz CT molecular complexity index is 412. The average molecular weight is 232 g/mol. The smallest absolute Gasteiger partial charge is 0.118 e. The Labute approximate surface area is 103 Å². The largest absolute Gasteiger partial charge is 0.465 e. The van der Waals surface area contributed by atoms with Crippen LogP contribution in [-0.2, 0) is 13.1 Å². The highest BCUT2D eigenvalue weighted by molar-refractivity contribution is 5.21. The minimum Gasteiger partial charge on any atom is -0.465 e. The Morgan fingerprint density at radius 2 is 2.35 bits per heavy atom. The fraction of sp³-hybridized carbons (Fsp3) is 0.571. The van der Waals surface area contributed by atoms with Crippen LogP contribution in [0.25, 0.3) is 0 Å². The monoisotopic (exact) mass is 232 g/mol. The van der Waals surface area contributed by atoms with Crippen LogP contribution in [0.4, 0.5) is 0 Å². The van der Waals surface area contributed by atoms with Crippen LogP contribution in [0.5, 0.6) is 0 Å². The molecular weight excluding hydrogens is 212 g/mol. The molecule has 1 fully saturated rings. The third-order valence-electron chi connectivity index (χ3n) is 3.02. The van der Waals surface area contributed by atoms with Gasteiger partial charge in [0.25, 0.3) is 0 Å². The summed E-state index contributed by atoms with van der Waals surface area (Å²) in [7, 11) is 2.02. The predicted octanol–water partition coefficient (Wildman–Crippen LogP) is 1.91. The second-order valence-electron chi connectivity index (χ2n) is 4.83. The number of nitrogens with zero attached hydrogens (tertiary/aromatic N) is 1. The van der Waals surface area contributed by atoms with E-state index in [-0.39, 0.29) is 0 Å². The van der Waals surface area contributed by atoms with Crippen LogP contribution in [0.1, 0.15) is 29.9 Å². The van der Waals surface area contributed by atoms with E-state index < -0.39 is 0 Å². The number of terminal acetylenes is 1. The summed E-state index contributed by atoms with van der Waals surface area (Å²) in [5.41, 5.74) is 1.23. The van der Waals surface area contributed by atoms with Gasteiger partial charge in [-0.2, -0.15) is 0 Å². The Morgan fingerprint density at radius 3 is 3.00 bits per heavy atom. The summed E-state index contributed by atoms with van der Waals surface area (Å²) in [6, 6.07) is 2.85. The molecule has 2 rings (SSSR count). The van der Waals surface area contributed by atoms with Crippen molar-refractivity contribution < 1.29 is 4.42 Å². The first-order valence-corrected chi connectivity index (χ1v) is 6.12. The van der Waals surface area contributed by atoms with Gasteiger partial charge < -0.3 is 9.73 Å². The van der Waals surface area contributed by atoms with E-state index in [1.165, 1.54) is 18.4 Å². The topological polar surface area (TPSA) is 28.4 Å². The standard InChI is InChI=1S/C14H20N2O/c1-4-7-16(3)10-12-8-14(17-11(12)2)9-15-13-5-6-13/h1,8,13,15H,5-7,9-10H2,2-3H3. The van der Waals surface area contributed by atoms with Gasteiger partial charge in [0.2, 0.25) is 0 Å². The zero-order valence-electron chi connectivity index (χ0n) is 10.6. The molecule has 1 aliphatic rings. The quantitative estimate of drug-likeness (QED) is 0.759. The van der Waals surface area contributed by atoms with E-state index in [0.29, 0.717) is 12.6 Å². The van der Waals surface area contributed by atoms with Crippen molar-refractivity contribution in [3.05, 3.63) is 23.2 Å². The van der Waals surface area contributed by atoms with Crippen LogP contribution in [0.3, 0.4) is 0 Å². The van der Waals surface area contributed by atoms with Crippen LogP contribution in [0.2, 0.25) is 0 Å². The van der Waals surface area contributed by atoms with Crippen LogP contribution in [0.15, 0.2) is 10.5 Å². The Morgan fingerprint density at radius 1 is 1.59 bits per heavy atom. The maximum atomic E-state index is 5.73. The van der Waals surface area contributed by atoms with Gasteiger partial charge in [0, 0.05) is 18.2 Å². The lowest BCUT2D eigenvalue weighted by Crippen LogP contribution is -2.18. The van der Waals surface area contributed by atoms with E-state index >= 15 is 0 Å². The molecule has 0 aliphatic heterocycles. The molecule has 0 unspecified atom stereocenters. The number of rotatable bonds is 6. The average Bonchev–Trinajstić information content (AvgIpc) is 3.03. The van der Waals surface area contributed by atoms with Gasteiger partial charge in [0.15, 0.2) is 0 Å². The third kappa shape index (κ3) is 3.62. The Kier molecular flexibility index (Phi) is 3.88. The summed E-state index contributed by atoms with van der Waals surface area (Å²) >= 11 is 0. The van der Waals surface area contributed by atoms with Crippen molar-refractivity contribution in [1.29, 1.82) is 0 Å². The molecule has 0 radical (unpaired) electrons. The van der Waals surface area contributed by atoms with Crippen molar-refractivity contribution in [3.8, 4) is 12.3 Å². The van der Waals surface area contributed by atoms with E-state index in [1.54, 1.807) is 0 Å². The van der Waals surface area contributed by atoms with E-state index in [1.807, 2.05) is 14.0 Å². The summed E-state index contributed by atoms with van der Waals surface area (Å²) in [6.45, 7) is 4.37. The summed E-state index contributed by atoms with van der Waals surface area (Å²) in [6.07, 6.45) is 7.90. The molecule has 1 N–H and O–H groups in total. The van der Waals surface area contributed by atoms with Crippen molar-refractivity contribution in [2.45, 2.75) is 38.9 Å². The van der Waals surface area contributed by atoms with E-state index in [0.717, 1.165) is 24.6 Å². The first-order chi connectivity index (χ1) is 8.19. The van der Waals surface area contributed by atoms with Gasteiger partial charge in [-0.05, 0) is 32.9 Å². The molecule has 17 heavy (non-hydrogen) atoms. The summed E-state index contributed by atoms with van der Waals surface area (Å²) in [5.74, 6) is 4.67. The lowest BCUT2D eigenvalue weighted by molar-refractivity contribution is 0.364. The molecule has 1 aromatic heterocycles.